The largest absolute Gasteiger partial charge is 0.297 e. The van der Waals surface area contributed by atoms with E-state index in [1.165, 1.54) is 5.01 Å². The van der Waals surface area contributed by atoms with E-state index in [2.05, 4.69) is 5.10 Å². The second-order valence-corrected chi connectivity index (χ2v) is 4.91. The van der Waals surface area contributed by atoms with Gasteiger partial charge in [-0.05, 0) is 24.1 Å². The molecule has 0 atom stereocenters. The van der Waals surface area contributed by atoms with Crippen LogP contribution in [-0.2, 0) is 9.59 Å². The molecule has 1 aromatic carbocycles. The topological polar surface area (TPSA) is 49.7 Å². The summed E-state index contributed by atoms with van der Waals surface area (Å²) in [5.41, 5.74) is 1.45. The predicted molar refractivity (Wildman–Crippen MR) is 74.2 cm³/mol. The van der Waals surface area contributed by atoms with E-state index in [9.17, 15) is 9.59 Å². The van der Waals surface area contributed by atoms with Gasteiger partial charge in [-0.2, -0.15) is 5.10 Å². The molecule has 0 saturated carbocycles. The molecule has 4 nitrogen and oxygen atoms in total. The van der Waals surface area contributed by atoms with Crippen molar-refractivity contribution in [3.05, 3.63) is 34.9 Å². The molecule has 0 fully saturated rings. The molecule has 0 unspecified atom stereocenters. The van der Waals surface area contributed by atoms with Crippen LogP contribution in [0.1, 0.15) is 31.7 Å². The SMILES string of the molecule is CCCC(=O)N1CC(=O)CC(c2ccc(Cl)cc2)=N1. The smallest absolute Gasteiger partial charge is 0.243 e. The summed E-state index contributed by atoms with van der Waals surface area (Å²) in [5.74, 6) is -0.105. The fourth-order valence-corrected chi connectivity index (χ4v) is 2.04. The highest BCUT2D eigenvalue weighted by Gasteiger charge is 2.23. The third-order valence-electron chi connectivity index (χ3n) is 2.86. The van der Waals surface area contributed by atoms with Crippen LogP contribution in [0.3, 0.4) is 0 Å². The molecule has 1 amide bonds. The van der Waals surface area contributed by atoms with Crippen LogP contribution < -0.4 is 0 Å². The van der Waals surface area contributed by atoms with Crippen molar-refractivity contribution in [1.82, 2.24) is 5.01 Å². The molecule has 2 rings (SSSR count). The Morgan fingerprint density at radius 3 is 2.68 bits per heavy atom. The Labute approximate surface area is 117 Å². The predicted octanol–water partition coefficient (Wildman–Crippen LogP) is 2.65. The summed E-state index contributed by atoms with van der Waals surface area (Å²) in [6.45, 7) is 2.00. The first-order chi connectivity index (χ1) is 9.10. The van der Waals surface area contributed by atoms with Gasteiger partial charge in [0.2, 0.25) is 5.91 Å². The molecular weight excluding hydrogens is 264 g/mol. The van der Waals surface area contributed by atoms with E-state index in [1.54, 1.807) is 12.1 Å². The lowest BCUT2D eigenvalue weighted by Gasteiger charge is -2.22. The minimum Gasteiger partial charge on any atom is -0.297 e. The first-order valence-electron chi connectivity index (χ1n) is 6.25. The molecule has 0 aromatic heterocycles. The van der Waals surface area contributed by atoms with E-state index in [0.29, 0.717) is 17.2 Å². The van der Waals surface area contributed by atoms with Gasteiger partial charge in [-0.1, -0.05) is 30.7 Å². The molecule has 0 spiro atoms. The minimum atomic E-state index is -0.109. The molecule has 0 aliphatic carbocycles. The van der Waals surface area contributed by atoms with E-state index in [-0.39, 0.29) is 24.7 Å². The lowest BCUT2D eigenvalue weighted by molar-refractivity contribution is -0.135. The highest BCUT2D eigenvalue weighted by Crippen LogP contribution is 2.16. The average molecular weight is 279 g/mol. The summed E-state index contributed by atoms with van der Waals surface area (Å²) in [6, 6.07) is 7.11. The van der Waals surface area contributed by atoms with Gasteiger partial charge in [0.25, 0.3) is 0 Å². The average Bonchev–Trinajstić information content (AvgIpc) is 2.39. The number of hydrogen-bond acceptors (Lipinski definition) is 3. The number of ketones is 1. The van der Waals surface area contributed by atoms with Gasteiger partial charge in [0.15, 0.2) is 5.78 Å². The summed E-state index contributed by atoms with van der Waals surface area (Å²) >= 11 is 5.83. The zero-order chi connectivity index (χ0) is 13.8. The second kappa shape index (κ2) is 5.97. The number of rotatable bonds is 3. The van der Waals surface area contributed by atoms with Gasteiger partial charge in [0, 0.05) is 11.4 Å². The number of carbonyl (C=O) groups excluding carboxylic acids is 2. The molecule has 5 heteroatoms. The van der Waals surface area contributed by atoms with Gasteiger partial charge < -0.3 is 0 Å². The maximum Gasteiger partial charge on any atom is 0.243 e. The number of amides is 1. The van der Waals surface area contributed by atoms with Gasteiger partial charge in [-0.25, -0.2) is 5.01 Å². The van der Waals surface area contributed by atoms with Crippen LogP contribution in [0.4, 0.5) is 0 Å². The summed E-state index contributed by atoms with van der Waals surface area (Å²) < 4.78 is 0. The lowest BCUT2D eigenvalue weighted by Crippen LogP contribution is -2.37. The van der Waals surface area contributed by atoms with E-state index >= 15 is 0 Å². The van der Waals surface area contributed by atoms with Gasteiger partial charge in [0.1, 0.15) is 6.54 Å². The summed E-state index contributed by atoms with van der Waals surface area (Å²) in [6.07, 6.45) is 1.41. The molecule has 1 aromatic rings. The zero-order valence-electron chi connectivity index (χ0n) is 10.7. The first-order valence-corrected chi connectivity index (χ1v) is 6.63. The number of nitrogens with zero attached hydrogens (tertiary/aromatic N) is 2. The maximum atomic E-state index is 11.8. The van der Waals surface area contributed by atoms with E-state index in [1.807, 2.05) is 19.1 Å². The molecule has 19 heavy (non-hydrogen) atoms. The summed E-state index contributed by atoms with van der Waals surface area (Å²) in [5, 5.41) is 6.19. The zero-order valence-corrected chi connectivity index (χ0v) is 11.5. The van der Waals surface area contributed by atoms with Gasteiger partial charge >= 0.3 is 0 Å². The van der Waals surface area contributed by atoms with Gasteiger partial charge in [-0.15, -0.1) is 0 Å². The molecule has 1 aliphatic rings. The Morgan fingerprint density at radius 1 is 1.37 bits per heavy atom. The van der Waals surface area contributed by atoms with Crippen molar-refractivity contribution in [2.45, 2.75) is 26.2 Å². The lowest BCUT2D eigenvalue weighted by atomic mass is 10.0. The second-order valence-electron chi connectivity index (χ2n) is 4.47. The van der Waals surface area contributed by atoms with E-state index < -0.39 is 0 Å². The number of Topliss-reactive ketones (excluding diaryl/α,β-unsaturated/α-hetero) is 1. The third-order valence-corrected chi connectivity index (χ3v) is 3.11. The van der Waals surface area contributed by atoms with Crippen LogP contribution >= 0.6 is 11.6 Å². The molecular formula is C14H15ClN2O2. The molecule has 1 aliphatic heterocycles. The number of benzene rings is 1. The van der Waals surface area contributed by atoms with Crippen LogP contribution in [0.15, 0.2) is 29.4 Å². The number of hydrogen-bond donors (Lipinski definition) is 0. The van der Waals surface area contributed by atoms with Crippen molar-refractivity contribution in [3.8, 4) is 0 Å². The van der Waals surface area contributed by atoms with Crippen LogP contribution in [0, 0.1) is 0 Å². The van der Waals surface area contributed by atoms with Gasteiger partial charge in [0.05, 0.1) is 12.1 Å². The number of halogens is 1. The van der Waals surface area contributed by atoms with Crippen molar-refractivity contribution in [3.63, 3.8) is 0 Å². The summed E-state index contributed by atoms with van der Waals surface area (Å²) in [4.78, 5) is 23.6. The van der Waals surface area contributed by atoms with Crippen molar-refractivity contribution in [1.29, 1.82) is 0 Å². The Morgan fingerprint density at radius 2 is 2.05 bits per heavy atom. The highest BCUT2D eigenvalue weighted by atomic mass is 35.5. The Balaban J connectivity index is 2.25. The van der Waals surface area contributed by atoms with Gasteiger partial charge in [-0.3, -0.25) is 9.59 Å². The monoisotopic (exact) mass is 278 g/mol. The Kier molecular flexibility index (Phi) is 4.32. The first kappa shape index (κ1) is 13.7. The Bertz CT molecular complexity index is 523. The minimum absolute atomic E-state index is 0.00408. The van der Waals surface area contributed by atoms with Crippen molar-refractivity contribution in [2.75, 3.05) is 6.54 Å². The fraction of sp³-hybridized carbons (Fsp3) is 0.357. The molecule has 100 valence electrons. The standard InChI is InChI=1S/C14H15ClN2O2/c1-2-3-14(19)17-9-12(18)8-13(16-17)10-4-6-11(15)7-5-10/h4-7H,2-3,8-9H2,1H3. The maximum absolute atomic E-state index is 11.8. The quantitative estimate of drug-likeness (QED) is 0.853. The highest BCUT2D eigenvalue weighted by molar-refractivity contribution is 6.30. The van der Waals surface area contributed by atoms with Crippen LogP contribution in [0.2, 0.25) is 5.02 Å². The van der Waals surface area contributed by atoms with E-state index in [0.717, 1.165) is 12.0 Å². The van der Waals surface area contributed by atoms with Crippen LogP contribution in [-0.4, -0.2) is 29.0 Å². The summed E-state index contributed by atoms with van der Waals surface area (Å²) in [7, 11) is 0. The normalized spacial score (nSPS) is 15.4. The Hall–Kier alpha value is -1.68. The van der Waals surface area contributed by atoms with Crippen LogP contribution in [0.25, 0.3) is 0 Å². The number of hydrazone groups is 1. The number of carbonyl (C=O) groups is 2. The molecule has 0 N–H and O–H groups in total. The van der Waals surface area contributed by atoms with Crippen LogP contribution in [0.5, 0.6) is 0 Å². The third kappa shape index (κ3) is 3.41. The van der Waals surface area contributed by atoms with Crippen molar-refractivity contribution < 1.29 is 9.59 Å². The van der Waals surface area contributed by atoms with E-state index in [4.69, 9.17) is 11.6 Å². The molecule has 0 saturated heterocycles. The van der Waals surface area contributed by atoms with Crippen molar-refractivity contribution >= 4 is 29.0 Å². The molecule has 0 radical (unpaired) electrons. The molecule has 0 bridgehead atoms. The molecule has 1 heterocycles. The van der Waals surface area contributed by atoms with Crippen molar-refractivity contribution in [2.24, 2.45) is 5.10 Å². The fourth-order valence-electron chi connectivity index (χ4n) is 1.92.